The summed E-state index contributed by atoms with van der Waals surface area (Å²) in [6, 6.07) is 11.0. The lowest BCUT2D eigenvalue weighted by Gasteiger charge is -2.15. The van der Waals surface area contributed by atoms with Crippen molar-refractivity contribution in [2.24, 2.45) is 5.84 Å². The van der Waals surface area contributed by atoms with E-state index in [0.717, 1.165) is 5.56 Å². The van der Waals surface area contributed by atoms with Crippen molar-refractivity contribution in [2.45, 2.75) is 6.54 Å². The highest BCUT2D eigenvalue weighted by molar-refractivity contribution is 5.34. The Labute approximate surface area is 86.1 Å². The molecule has 0 saturated carbocycles. The Bertz CT molecular complexity index is 475. The Balaban J connectivity index is 2.10. The molecule has 15 heavy (non-hydrogen) atoms. The van der Waals surface area contributed by atoms with Crippen LogP contribution < -0.4 is 16.5 Å². The minimum atomic E-state index is -0.437. The Morgan fingerprint density at radius 2 is 2.07 bits per heavy atom. The van der Waals surface area contributed by atoms with Gasteiger partial charge in [0.05, 0.1) is 12.6 Å². The van der Waals surface area contributed by atoms with Crippen molar-refractivity contribution in [3.63, 3.8) is 0 Å². The fourth-order valence-electron chi connectivity index (χ4n) is 1.28. The first-order valence-electron chi connectivity index (χ1n) is 4.50. The van der Waals surface area contributed by atoms with Crippen LogP contribution in [0.2, 0.25) is 0 Å². The maximum absolute atomic E-state index is 10.8. The van der Waals surface area contributed by atoms with Gasteiger partial charge in [0.25, 0.3) is 0 Å². The van der Waals surface area contributed by atoms with Crippen LogP contribution in [0.5, 0.6) is 0 Å². The summed E-state index contributed by atoms with van der Waals surface area (Å²) >= 11 is 0. The first-order valence-corrected chi connectivity index (χ1v) is 4.50. The number of hydrogen-bond donors (Lipinski definition) is 2. The molecule has 0 aliphatic heterocycles. The number of aromatic nitrogens is 1. The van der Waals surface area contributed by atoms with E-state index >= 15 is 0 Å². The summed E-state index contributed by atoms with van der Waals surface area (Å²) in [5.74, 6) is 6.21. The van der Waals surface area contributed by atoms with Gasteiger partial charge in [-0.3, -0.25) is 5.01 Å². The van der Waals surface area contributed by atoms with E-state index < -0.39 is 5.63 Å². The maximum Gasteiger partial charge on any atom is 0.359 e. The molecule has 0 amide bonds. The number of hydrazine groups is 1. The fraction of sp³-hybridized carbons (Fsp3) is 0.100. The summed E-state index contributed by atoms with van der Waals surface area (Å²) in [6.45, 7) is 0.510. The first kappa shape index (κ1) is 9.54. The summed E-state index contributed by atoms with van der Waals surface area (Å²) in [5, 5.41) is 3.86. The summed E-state index contributed by atoms with van der Waals surface area (Å²) in [5.41, 5.74) is 0.621. The number of anilines is 1. The topological polar surface area (TPSA) is 75.3 Å². The van der Waals surface area contributed by atoms with E-state index in [9.17, 15) is 4.79 Å². The molecule has 5 nitrogen and oxygen atoms in total. The van der Waals surface area contributed by atoms with Crippen molar-refractivity contribution in [1.82, 2.24) is 5.16 Å². The quantitative estimate of drug-likeness (QED) is 0.575. The second-order valence-corrected chi connectivity index (χ2v) is 3.17. The molecule has 78 valence electrons. The van der Waals surface area contributed by atoms with Crippen LogP contribution in [-0.4, -0.2) is 5.16 Å². The number of hydrogen-bond acceptors (Lipinski definition) is 4. The van der Waals surface area contributed by atoms with Crippen LogP contribution in [0.3, 0.4) is 0 Å². The lowest BCUT2D eigenvalue weighted by Crippen LogP contribution is -2.30. The highest BCUT2D eigenvalue weighted by atomic mass is 16.5. The number of nitrogens with two attached hydrogens (primary N) is 1. The zero-order chi connectivity index (χ0) is 10.7. The first-order chi connectivity index (χ1) is 7.25. The van der Waals surface area contributed by atoms with E-state index in [2.05, 4.69) is 9.68 Å². The van der Waals surface area contributed by atoms with Crippen LogP contribution in [-0.2, 0) is 6.54 Å². The van der Waals surface area contributed by atoms with Gasteiger partial charge in [0, 0.05) is 0 Å². The predicted molar refractivity (Wildman–Crippen MR) is 56.1 cm³/mol. The average Bonchev–Trinajstić information content (AvgIpc) is 2.66. The zero-order valence-corrected chi connectivity index (χ0v) is 8.01. The van der Waals surface area contributed by atoms with Gasteiger partial charge in [-0.15, -0.1) is 0 Å². The van der Waals surface area contributed by atoms with Crippen LogP contribution in [0, 0.1) is 0 Å². The second kappa shape index (κ2) is 4.02. The van der Waals surface area contributed by atoms with E-state index in [0.29, 0.717) is 12.4 Å². The van der Waals surface area contributed by atoms with Crippen LogP contribution in [0.1, 0.15) is 5.56 Å². The Hall–Kier alpha value is -2.01. The molecule has 0 atom stereocenters. The van der Waals surface area contributed by atoms with Gasteiger partial charge in [-0.1, -0.05) is 30.3 Å². The third-order valence-corrected chi connectivity index (χ3v) is 2.02. The van der Waals surface area contributed by atoms with Crippen molar-refractivity contribution in [2.75, 3.05) is 5.01 Å². The van der Waals surface area contributed by atoms with Crippen molar-refractivity contribution in [3.05, 3.63) is 52.4 Å². The molecule has 0 aliphatic rings. The number of nitrogens with zero attached hydrogens (tertiary/aromatic N) is 1. The van der Waals surface area contributed by atoms with E-state index in [1.54, 1.807) is 0 Å². The lowest BCUT2D eigenvalue weighted by atomic mass is 10.2. The van der Waals surface area contributed by atoms with Gasteiger partial charge in [0.1, 0.15) is 0 Å². The third-order valence-electron chi connectivity index (χ3n) is 2.02. The largest absolute Gasteiger partial charge is 0.359 e. The average molecular weight is 205 g/mol. The molecule has 0 aliphatic carbocycles. The standard InChI is InChI=1S/C10H11N3O2/c11-13(9-6-10(14)15-12-9)7-8-4-2-1-3-5-8/h1-6,12H,7,11H2. The predicted octanol–water partition coefficient (Wildman–Crippen LogP) is 0.848. The SMILES string of the molecule is NN(Cc1ccccc1)c1cc(=O)o[nH]1. The van der Waals surface area contributed by atoms with Crippen LogP contribution in [0.25, 0.3) is 0 Å². The van der Waals surface area contributed by atoms with Gasteiger partial charge in [-0.2, -0.15) is 0 Å². The molecule has 0 fully saturated rings. The molecule has 1 aromatic carbocycles. The minimum absolute atomic E-state index is 0.437. The summed E-state index contributed by atoms with van der Waals surface area (Å²) in [6.07, 6.45) is 0. The molecule has 0 spiro atoms. The highest BCUT2D eigenvalue weighted by Gasteiger charge is 2.05. The van der Waals surface area contributed by atoms with E-state index in [1.165, 1.54) is 11.1 Å². The fourth-order valence-corrected chi connectivity index (χ4v) is 1.28. The minimum Gasteiger partial charge on any atom is -0.337 e. The number of aromatic amines is 1. The van der Waals surface area contributed by atoms with Crippen LogP contribution >= 0.6 is 0 Å². The molecule has 0 saturated heterocycles. The normalized spacial score (nSPS) is 10.2. The van der Waals surface area contributed by atoms with Gasteiger partial charge in [-0.25, -0.2) is 15.8 Å². The Morgan fingerprint density at radius 3 is 2.67 bits per heavy atom. The molecule has 0 unspecified atom stereocenters. The number of H-pyrrole nitrogens is 1. The summed E-state index contributed by atoms with van der Waals surface area (Å²) in [7, 11) is 0. The van der Waals surface area contributed by atoms with Gasteiger partial charge in [0.2, 0.25) is 0 Å². The third kappa shape index (κ3) is 2.26. The van der Waals surface area contributed by atoms with Crippen LogP contribution in [0.15, 0.2) is 45.7 Å². The molecule has 0 radical (unpaired) electrons. The molecule has 0 bridgehead atoms. The zero-order valence-electron chi connectivity index (χ0n) is 8.01. The molecule has 2 rings (SSSR count). The van der Waals surface area contributed by atoms with Crippen molar-refractivity contribution in [1.29, 1.82) is 0 Å². The van der Waals surface area contributed by atoms with Gasteiger partial charge in [0.15, 0.2) is 5.82 Å². The molecule has 3 N–H and O–H groups in total. The smallest absolute Gasteiger partial charge is 0.337 e. The molecule has 1 heterocycles. The monoisotopic (exact) mass is 205 g/mol. The van der Waals surface area contributed by atoms with Crippen molar-refractivity contribution < 1.29 is 4.52 Å². The molecule has 1 aromatic heterocycles. The molecule has 5 heteroatoms. The Morgan fingerprint density at radius 1 is 1.33 bits per heavy atom. The highest BCUT2D eigenvalue weighted by Crippen LogP contribution is 2.08. The van der Waals surface area contributed by atoms with E-state index in [4.69, 9.17) is 5.84 Å². The van der Waals surface area contributed by atoms with E-state index in [1.807, 2.05) is 30.3 Å². The lowest BCUT2D eigenvalue weighted by molar-refractivity contribution is 0.391. The van der Waals surface area contributed by atoms with Crippen molar-refractivity contribution >= 4 is 5.82 Å². The molecule has 2 aromatic rings. The summed E-state index contributed by atoms with van der Waals surface area (Å²) < 4.78 is 4.52. The van der Waals surface area contributed by atoms with Crippen LogP contribution in [0.4, 0.5) is 5.82 Å². The van der Waals surface area contributed by atoms with Gasteiger partial charge in [-0.05, 0) is 5.56 Å². The second-order valence-electron chi connectivity index (χ2n) is 3.17. The molecular formula is C10H11N3O2. The van der Waals surface area contributed by atoms with Gasteiger partial charge < -0.3 is 4.52 Å². The number of rotatable bonds is 3. The number of nitrogens with one attached hydrogen (secondary N) is 1. The van der Waals surface area contributed by atoms with Crippen molar-refractivity contribution in [3.8, 4) is 0 Å². The maximum atomic E-state index is 10.8. The van der Waals surface area contributed by atoms with Gasteiger partial charge >= 0.3 is 5.63 Å². The Kier molecular flexibility index (Phi) is 2.55. The molecular weight excluding hydrogens is 194 g/mol. The number of benzene rings is 1. The summed E-state index contributed by atoms with van der Waals surface area (Å²) in [4.78, 5) is 10.8. The van der Waals surface area contributed by atoms with E-state index in [-0.39, 0.29) is 0 Å².